The van der Waals surface area contributed by atoms with Crippen LogP contribution in [0.3, 0.4) is 0 Å². The van der Waals surface area contributed by atoms with Gasteiger partial charge in [0.05, 0.1) is 31.1 Å². The molecule has 2 rings (SSSR count). The minimum Gasteiger partial charge on any atom is -1.00 e. The second kappa shape index (κ2) is 7.83. The highest BCUT2D eigenvalue weighted by Gasteiger charge is 2.05. The molecule has 0 unspecified atom stereocenters. The van der Waals surface area contributed by atoms with Gasteiger partial charge in [0.2, 0.25) is 0 Å². The van der Waals surface area contributed by atoms with Gasteiger partial charge in [-0.1, -0.05) is 0 Å². The number of methoxy groups -OCH3 is 1. The number of aromatic nitrogens is 2. The molecule has 0 spiro atoms. The molecule has 6 N–H and O–H groups in total. The van der Waals surface area contributed by atoms with Crippen molar-refractivity contribution in [2.24, 2.45) is 5.73 Å². The van der Waals surface area contributed by atoms with E-state index in [2.05, 4.69) is 9.97 Å². The Bertz CT molecular complexity index is 543. The number of imidazole rings is 1. The Morgan fingerprint density at radius 3 is 2.89 bits per heavy atom. The number of fused-ring (bicyclic) bond motifs is 1. The van der Waals surface area contributed by atoms with Gasteiger partial charge in [-0.3, -0.25) is 5.32 Å². The molecule has 0 amide bonds. The largest absolute Gasteiger partial charge is 1.00 e. The van der Waals surface area contributed by atoms with Gasteiger partial charge >= 0.3 is 0 Å². The summed E-state index contributed by atoms with van der Waals surface area (Å²) in [4.78, 5) is 7.66. The lowest BCUT2D eigenvalue weighted by Crippen LogP contribution is -3.00. The van der Waals surface area contributed by atoms with Crippen molar-refractivity contribution in [1.29, 1.82) is 5.41 Å². The number of benzene rings is 1. The summed E-state index contributed by atoms with van der Waals surface area (Å²) in [5, 5.41) is 8.77. The SMILES string of the molecule is COc1ccc2nc(CC[NH2+]C(=N)N)[nH]c2c1.Cl.[Cl-]. The predicted molar refractivity (Wildman–Crippen MR) is 72.3 cm³/mol. The molecule has 8 heteroatoms. The molecule has 0 fully saturated rings. The summed E-state index contributed by atoms with van der Waals surface area (Å²) < 4.78 is 5.15. The maximum Gasteiger partial charge on any atom is 0.288 e. The first-order chi connectivity index (χ1) is 8.19. The number of guanidine groups is 1. The van der Waals surface area contributed by atoms with Gasteiger partial charge in [-0.15, -0.1) is 12.4 Å². The van der Waals surface area contributed by atoms with Crippen LogP contribution in [0.4, 0.5) is 0 Å². The van der Waals surface area contributed by atoms with E-state index in [0.717, 1.165) is 29.0 Å². The third kappa shape index (κ3) is 4.59. The maximum absolute atomic E-state index is 7.10. The smallest absolute Gasteiger partial charge is 0.288 e. The van der Waals surface area contributed by atoms with Crippen molar-refractivity contribution in [3.8, 4) is 5.75 Å². The van der Waals surface area contributed by atoms with E-state index in [-0.39, 0.29) is 30.8 Å². The fourth-order valence-electron chi connectivity index (χ4n) is 1.65. The summed E-state index contributed by atoms with van der Waals surface area (Å²) in [7, 11) is 1.64. The molecule has 1 aromatic carbocycles. The Morgan fingerprint density at radius 1 is 1.53 bits per heavy atom. The quantitative estimate of drug-likeness (QED) is 0.357. The fourth-order valence-corrected chi connectivity index (χ4v) is 1.65. The average Bonchev–Trinajstić information content (AvgIpc) is 2.69. The van der Waals surface area contributed by atoms with Crippen LogP contribution in [0.1, 0.15) is 5.82 Å². The lowest BCUT2D eigenvalue weighted by molar-refractivity contribution is -0.542. The van der Waals surface area contributed by atoms with Crippen molar-refractivity contribution in [2.75, 3.05) is 13.7 Å². The highest BCUT2D eigenvalue weighted by atomic mass is 35.5. The first-order valence-electron chi connectivity index (χ1n) is 5.39. The lowest BCUT2D eigenvalue weighted by atomic mass is 10.3. The summed E-state index contributed by atoms with van der Waals surface area (Å²) in [6.45, 7) is 0.715. The Morgan fingerprint density at radius 2 is 2.26 bits per heavy atom. The van der Waals surface area contributed by atoms with Gasteiger partial charge in [0, 0.05) is 6.07 Å². The van der Waals surface area contributed by atoms with Crippen LogP contribution in [-0.2, 0) is 6.42 Å². The van der Waals surface area contributed by atoms with Crippen molar-refractivity contribution >= 4 is 29.4 Å². The Kier molecular flexibility index (Phi) is 7.21. The number of quaternary nitrogens is 1. The predicted octanol–water partition coefficient (Wildman–Crippen LogP) is -3.00. The molecule has 0 aliphatic carbocycles. The highest BCUT2D eigenvalue weighted by molar-refractivity contribution is 5.85. The zero-order valence-electron chi connectivity index (χ0n) is 10.4. The summed E-state index contributed by atoms with van der Waals surface area (Å²) in [5.74, 6) is 1.80. The van der Waals surface area contributed by atoms with Crippen molar-refractivity contribution in [2.45, 2.75) is 6.42 Å². The second-order valence-corrected chi connectivity index (χ2v) is 3.76. The molecule has 106 valence electrons. The van der Waals surface area contributed by atoms with E-state index in [1.54, 1.807) is 12.4 Å². The van der Waals surface area contributed by atoms with E-state index in [0.29, 0.717) is 6.54 Å². The molecule has 1 heterocycles. The molecule has 0 saturated heterocycles. The number of nitrogens with one attached hydrogen (secondary N) is 2. The molecule has 0 saturated carbocycles. The van der Waals surface area contributed by atoms with Gasteiger partial charge in [0.1, 0.15) is 11.6 Å². The Hall–Kier alpha value is -1.50. The summed E-state index contributed by atoms with van der Waals surface area (Å²) in [5.41, 5.74) is 7.13. The number of ether oxygens (including phenoxy) is 1. The van der Waals surface area contributed by atoms with Crippen molar-refractivity contribution in [3.63, 3.8) is 0 Å². The molecular formula is C11H17Cl2N5O. The Labute approximate surface area is 123 Å². The van der Waals surface area contributed by atoms with E-state index in [9.17, 15) is 0 Å². The number of nitrogens with zero attached hydrogens (tertiary/aromatic N) is 1. The van der Waals surface area contributed by atoms with Crippen molar-refractivity contribution in [3.05, 3.63) is 24.0 Å². The molecule has 1 aromatic heterocycles. The highest BCUT2D eigenvalue weighted by Crippen LogP contribution is 2.18. The van der Waals surface area contributed by atoms with Crippen LogP contribution in [0.15, 0.2) is 18.2 Å². The lowest BCUT2D eigenvalue weighted by Gasteiger charge is -1.96. The second-order valence-electron chi connectivity index (χ2n) is 3.76. The van der Waals surface area contributed by atoms with Crippen LogP contribution >= 0.6 is 12.4 Å². The first kappa shape index (κ1) is 17.5. The molecule has 2 aromatic rings. The van der Waals surface area contributed by atoms with Gasteiger partial charge in [-0.2, -0.15) is 0 Å². The molecule has 19 heavy (non-hydrogen) atoms. The third-order valence-corrected chi connectivity index (χ3v) is 2.48. The van der Waals surface area contributed by atoms with Crippen LogP contribution in [0.2, 0.25) is 0 Å². The number of hydrogen-bond donors (Lipinski definition) is 4. The van der Waals surface area contributed by atoms with Crippen LogP contribution < -0.4 is 28.2 Å². The third-order valence-electron chi connectivity index (χ3n) is 2.48. The van der Waals surface area contributed by atoms with Crippen molar-refractivity contribution < 1.29 is 22.5 Å². The van der Waals surface area contributed by atoms with Crippen LogP contribution in [0.25, 0.3) is 11.0 Å². The zero-order valence-corrected chi connectivity index (χ0v) is 12.0. The van der Waals surface area contributed by atoms with Gasteiger partial charge < -0.3 is 27.9 Å². The molecule has 6 nitrogen and oxygen atoms in total. The topological polar surface area (TPSA) is 104 Å². The number of rotatable bonds is 4. The van der Waals surface area contributed by atoms with Crippen LogP contribution in [0.5, 0.6) is 5.75 Å². The maximum atomic E-state index is 7.10. The van der Waals surface area contributed by atoms with E-state index >= 15 is 0 Å². The molecule has 0 atom stereocenters. The summed E-state index contributed by atoms with van der Waals surface area (Å²) in [6.07, 6.45) is 0.747. The minimum atomic E-state index is 0. The van der Waals surface area contributed by atoms with Crippen LogP contribution in [-0.4, -0.2) is 29.6 Å². The van der Waals surface area contributed by atoms with Gasteiger partial charge in [-0.05, 0) is 12.1 Å². The van der Waals surface area contributed by atoms with Gasteiger partial charge in [-0.25, -0.2) is 10.4 Å². The minimum absolute atomic E-state index is 0. The van der Waals surface area contributed by atoms with Crippen molar-refractivity contribution in [1.82, 2.24) is 9.97 Å². The van der Waals surface area contributed by atoms with E-state index < -0.39 is 0 Å². The number of halogens is 2. The molecule has 0 bridgehead atoms. The first-order valence-corrected chi connectivity index (χ1v) is 5.39. The standard InChI is InChI=1S/C11H15N5O.2ClH/c1-17-7-2-3-8-9(6-7)16-10(15-8)4-5-14-11(12)13;;/h2-3,6H,4-5H2,1H3,(H,15,16)(H4,12,13,14);2*1H. The zero-order chi connectivity index (χ0) is 12.3. The monoisotopic (exact) mass is 305 g/mol. The van der Waals surface area contributed by atoms with E-state index in [4.69, 9.17) is 15.9 Å². The van der Waals surface area contributed by atoms with Gasteiger partial charge in [0.25, 0.3) is 5.96 Å². The fraction of sp³-hybridized carbons (Fsp3) is 0.273. The molecule has 0 radical (unpaired) electrons. The number of aromatic amines is 1. The average molecular weight is 306 g/mol. The van der Waals surface area contributed by atoms with E-state index in [1.165, 1.54) is 0 Å². The number of H-pyrrole nitrogens is 1. The normalized spacial score (nSPS) is 9.53. The molecular weight excluding hydrogens is 289 g/mol. The summed E-state index contributed by atoms with van der Waals surface area (Å²) in [6, 6.07) is 5.72. The van der Waals surface area contributed by atoms with E-state index in [1.807, 2.05) is 18.2 Å². The van der Waals surface area contributed by atoms with Gasteiger partial charge in [0.15, 0.2) is 0 Å². The van der Waals surface area contributed by atoms with Crippen LogP contribution in [0, 0.1) is 5.41 Å². The summed E-state index contributed by atoms with van der Waals surface area (Å²) >= 11 is 0. The molecule has 0 aliphatic heterocycles. The number of hydrogen-bond acceptors (Lipinski definition) is 3. The Balaban J connectivity index is 0.00000162. The molecule has 0 aliphatic rings. The number of nitrogens with two attached hydrogens (primary N) is 2.